The number of fused-ring (bicyclic) bond motifs is 1. The number of hydrogen-bond donors (Lipinski definition) is 2. The van der Waals surface area contributed by atoms with Crippen LogP contribution >= 0.6 is 0 Å². The van der Waals surface area contributed by atoms with Crippen molar-refractivity contribution in [2.75, 3.05) is 6.54 Å². The maximum Gasteiger partial charge on any atom is 0.111 e. The number of hydrogen-bond acceptors (Lipinski definition) is 2. The fourth-order valence-electron chi connectivity index (χ4n) is 2.88. The minimum absolute atomic E-state index is 0.185. The number of imidazole rings is 1. The number of rotatable bonds is 4. The van der Waals surface area contributed by atoms with Gasteiger partial charge in [-0.15, -0.1) is 0 Å². The molecule has 3 N–H and O–H groups in total. The Morgan fingerprint density at radius 1 is 1.04 bits per heavy atom. The molecule has 1 heterocycles. The third kappa shape index (κ3) is 3.45. The molecule has 0 bridgehead atoms. The molecular formula is C20H25N3. The Labute approximate surface area is 137 Å². The topological polar surface area (TPSA) is 54.7 Å². The highest BCUT2D eigenvalue weighted by atomic mass is 14.9. The van der Waals surface area contributed by atoms with Crippen LogP contribution in [0.5, 0.6) is 0 Å². The van der Waals surface area contributed by atoms with Gasteiger partial charge in [0.1, 0.15) is 5.82 Å². The van der Waals surface area contributed by atoms with Gasteiger partial charge >= 0.3 is 0 Å². The zero-order valence-electron chi connectivity index (χ0n) is 14.1. The lowest BCUT2D eigenvalue weighted by molar-refractivity contribution is 0.589. The van der Waals surface area contributed by atoms with E-state index in [0.717, 1.165) is 23.3 Å². The zero-order chi connectivity index (χ0) is 16.4. The Bertz CT molecular complexity index is 746. The number of aromatic amines is 1. The van der Waals surface area contributed by atoms with Gasteiger partial charge in [-0.05, 0) is 35.1 Å². The predicted molar refractivity (Wildman–Crippen MR) is 96.7 cm³/mol. The van der Waals surface area contributed by atoms with E-state index in [1.165, 1.54) is 11.1 Å². The van der Waals surface area contributed by atoms with Gasteiger partial charge in [0.2, 0.25) is 0 Å². The van der Waals surface area contributed by atoms with Crippen LogP contribution < -0.4 is 5.73 Å². The van der Waals surface area contributed by atoms with Crippen molar-refractivity contribution in [1.29, 1.82) is 0 Å². The third-order valence-electron chi connectivity index (χ3n) is 4.38. The lowest BCUT2D eigenvalue weighted by Crippen LogP contribution is -2.16. The molecule has 0 spiro atoms. The molecule has 0 fully saturated rings. The van der Waals surface area contributed by atoms with E-state index < -0.39 is 0 Å². The normalized spacial score (nSPS) is 13.4. The van der Waals surface area contributed by atoms with Crippen LogP contribution in [0.25, 0.3) is 11.0 Å². The number of para-hydroxylation sites is 2. The van der Waals surface area contributed by atoms with E-state index >= 15 is 0 Å². The Morgan fingerprint density at radius 2 is 1.74 bits per heavy atom. The van der Waals surface area contributed by atoms with Crippen molar-refractivity contribution in [3.8, 4) is 0 Å². The van der Waals surface area contributed by atoms with E-state index in [1.54, 1.807) is 0 Å². The van der Waals surface area contributed by atoms with Crippen LogP contribution in [-0.2, 0) is 11.8 Å². The number of nitrogens with two attached hydrogens (primary N) is 1. The van der Waals surface area contributed by atoms with Gasteiger partial charge in [-0.1, -0.05) is 57.2 Å². The lowest BCUT2D eigenvalue weighted by atomic mass is 9.86. The van der Waals surface area contributed by atoms with Gasteiger partial charge in [0, 0.05) is 12.5 Å². The summed E-state index contributed by atoms with van der Waals surface area (Å²) in [6, 6.07) is 17.0. The van der Waals surface area contributed by atoms with Gasteiger partial charge in [0.05, 0.1) is 11.0 Å². The van der Waals surface area contributed by atoms with E-state index in [2.05, 4.69) is 56.1 Å². The Morgan fingerprint density at radius 3 is 2.35 bits per heavy atom. The maximum absolute atomic E-state index is 6.01. The number of nitrogens with zero attached hydrogens (tertiary/aromatic N) is 1. The Hall–Kier alpha value is -2.13. The van der Waals surface area contributed by atoms with Crippen molar-refractivity contribution in [2.45, 2.75) is 38.5 Å². The smallest absolute Gasteiger partial charge is 0.111 e. The zero-order valence-corrected chi connectivity index (χ0v) is 14.1. The van der Waals surface area contributed by atoms with Crippen molar-refractivity contribution in [1.82, 2.24) is 9.97 Å². The first kappa shape index (κ1) is 15.8. The van der Waals surface area contributed by atoms with Gasteiger partial charge in [-0.2, -0.15) is 0 Å². The highest BCUT2D eigenvalue weighted by Crippen LogP contribution is 2.25. The summed E-state index contributed by atoms with van der Waals surface area (Å²) in [5, 5.41) is 0. The molecule has 3 aromatic rings. The van der Waals surface area contributed by atoms with Crippen molar-refractivity contribution >= 4 is 11.0 Å². The molecule has 120 valence electrons. The summed E-state index contributed by atoms with van der Waals surface area (Å²) in [6.45, 7) is 7.29. The molecule has 0 aliphatic heterocycles. The van der Waals surface area contributed by atoms with Crippen LogP contribution in [0, 0.1) is 0 Å². The standard InChI is InChI=1S/C20H25N3/c1-20(2,3)16-10-8-14(9-11-16)12-15(13-21)19-22-17-6-4-5-7-18(17)23-19/h4-11,15H,12-13,21H2,1-3H3,(H,22,23). The monoisotopic (exact) mass is 307 g/mol. The fourth-order valence-corrected chi connectivity index (χ4v) is 2.88. The lowest BCUT2D eigenvalue weighted by Gasteiger charge is -2.19. The van der Waals surface area contributed by atoms with E-state index in [1.807, 2.05) is 18.2 Å². The average Bonchev–Trinajstić information content (AvgIpc) is 2.96. The summed E-state index contributed by atoms with van der Waals surface area (Å²) < 4.78 is 0. The quantitative estimate of drug-likeness (QED) is 0.761. The van der Waals surface area contributed by atoms with Crippen LogP contribution in [0.3, 0.4) is 0 Å². The van der Waals surface area contributed by atoms with Crippen LogP contribution in [-0.4, -0.2) is 16.5 Å². The second-order valence-corrected chi connectivity index (χ2v) is 7.22. The largest absolute Gasteiger partial charge is 0.342 e. The first-order valence-corrected chi connectivity index (χ1v) is 8.21. The van der Waals surface area contributed by atoms with Crippen molar-refractivity contribution in [3.05, 3.63) is 65.5 Å². The van der Waals surface area contributed by atoms with Gasteiger partial charge in [0.25, 0.3) is 0 Å². The minimum atomic E-state index is 0.185. The number of nitrogens with one attached hydrogen (secondary N) is 1. The molecule has 1 unspecified atom stereocenters. The summed E-state index contributed by atoms with van der Waals surface area (Å²) in [7, 11) is 0. The van der Waals surface area contributed by atoms with Crippen LogP contribution in [0.15, 0.2) is 48.5 Å². The molecular weight excluding hydrogens is 282 g/mol. The molecule has 0 saturated carbocycles. The minimum Gasteiger partial charge on any atom is -0.342 e. The summed E-state index contributed by atoms with van der Waals surface area (Å²) in [4.78, 5) is 8.11. The second kappa shape index (κ2) is 6.17. The predicted octanol–water partition coefficient (Wildman–Crippen LogP) is 4.15. The molecule has 23 heavy (non-hydrogen) atoms. The van der Waals surface area contributed by atoms with Crippen molar-refractivity contribution in [2.24, 2.45) is 5.73 Å². The number of benzene rings is 2. The van der Waals surface area contributed by atoms with Crippen LogP contribution in [0.1, 0.15) is 43.6 Å². The molecule has 0 aliphatic rings. The maximum atomic E-state index is 6.01. The third-order valence-corrected chi connectivity index (χ3v) is 4.38. The summed E-state index contributed by atoms with van der Waals surface area (Å²) >= 11 is 0. The van der Waals surface area contributed by atoms with Gasteiger partial charge < -0.3 is 10.7 Å². The number of aromatic nitrogens is 2. The molecule has 0 radical (unpaired) electrons. The SMILES string of the molecule is CC(C)(C)c1ccc(CC(CN)c2nc3ccccc3[nH]2)cc1. The summed E-state index contributed by atoms with van der Waals surface area (Å²) in [5.74, 6) is 1.19. The van der Waals surface area contributed by atoms with Crippen LogP contribution in [0.2, 0.25) is 0 Å². The Balaban J connectivity index is 1.81. The molecule has 3 heteroatoms. The van der Waals surface area contributed by atoms with Crippen molar-refractivity contribution < 1.29 is 0 Å². The van der Waals surface area contributed by atoms with E-state index in [0.29, 0.717) is 6.54 Å². The average molecular weight is 307 g/mol. The first-order chi connectivity index (χ1) is 11.0. The molecule has 3 rings (SSSR count). The number of H-pyrrole nitrogens is 1. The summed E-state index contributed by atoms with van der Waals surface area (Å²) in [6.07, 6.45) is 0.904. The van der Waals surface area contributed by atoms with Crippen LogP contribution in [0.4, 0.5) is 0 Å². The molecule has 0 saturated heterocycles. The molecule has 1 aromatic heterocycles. The Kier molecular flexibility index (Phi) is 4.22. The fraction of sp³-hybridized carbons (Fsp3) is 0.350. The van der Waals surface area contributed by atoms with Gasteiger partial charge in [-0.3, -0.25) is 0 Å². The van der Waals surface area contributed by atoms with Gasteiger partial charge in [0.15, 0.2) is 0 Å². The van der Waals surface area contributed by atoms with E-state index in [4.69, 9.17) is 10.7 Å². The molecule has 3 nitrogen and oxygen atoms in total. The first-order valence-electron chi connectivity index (χ1n) is 8.21. The molecule has 1 atom stereocenters. The summed E-state index contributed by atoms with van der Waals surface area (Å²) in [5.41, 5.74) is 10.9. The van der Waals surface area contributed by atoms with E-state index in [9.17, 15) is 0 Å². The van der Waals surface area contributed by atoms with E-state index in [-0.39, 0.29) is 11.3 Å². The highest BCUT2D eigenvalue weighted by Gasteiger charge is 2.17. The second-order valence-electron chi connectivity index (χ2n) is 7.22. The van der Waals surface area contributed by atoms with Crippen molar-refractivity contribution in [3.63, 3.8) is 0 Å². The molecule has 2 aromatic carbocycles. The highest BCUT2D eigenvalue weighted by molar-refractivity contribution is 5.74. The molecule has 0 amide bonds. The molecule has 0 aliphatic carbocycles. The van der Waals surface area contributed by atoms with Gasteiger partial charge in [-0.25, -0.2) is 4.98 Å².